The summed E-state index contributed by atoms with van der Waals surface area (Å²) in [6.07, 6.45) is 0. The molecule has 6 nitrogen and oxygen atoms in total. The molecule has 1 atom stereocenters. The Kier molecular flexibility index (Phi) is 5.07. The number of hydrogen-bond acceptors (Lipinski definition) is 4. The lowest BCUT2D eigenvalue weighted by atomic mass is 9.98. The van der Waals surface area contributed by atoms with E-state index in [9.17, 15) is 9.59 Å². The molecule has 4 rings (SSSR count). The third kappa shape index (κ3) is 3.75. The van der Waals surface area contributed by atoms with Crippen molar-refractivity contribution in [1.29, 1.82) is 0 Å². The van der Waals surface area contributed by atoms with Gasteiger partial charge in [0.25, 0.3) is 5.91 Å². The average molecular weight is 393 g/mol. The Labute approximate surface area is 164 Å². The predicted molar refractivity (Wildman–Crippen MR) is 111 cm³/mol. The minimum atomic E-state index is -0.570. The SMILES string of the molecule is NC(=O)c1cc(-c2ccc(P)cc2)c2ccc(CN3CCOCC3=O)cc2n1. The van der Waals surface area contributed by atoms with E-state index in [0.717, 1.165) is 27.4 Å². The molecule has 0 radical (unpaired) electrons. The van der Waals surface area contributed by atoms with Gasteiger partial charge in [0.2, 0.25) is 5.91 Å². The summed E-state index contributed by atoms with van der Waals surface area (Å²) in [6, 6.07) is 15.6. The first-order valence-corrected chi connectivity index (χ1v) is 9.54. The fourth-order valence-corrected chi connectivity index (χ4v) is 3.53. The molecular formula is C21H20N3O3P. The summed E-state index contributed by atoms with van der Waals surface area (Å²) in [4.78, 5) is 30.0. The van der Waals surface area contributed by atoms with Crippen LogP contribution in [0.5, 0.6) is 0 Å². The standard InChI is InChI=1S/C21H20N3O3P/c22-21(26)19-10-17(14-2-4-15(28)5-3-14)16-6-1-13(9-18(16)23-19)11-24-7-8-27-12-20(24)25/h1-6,9-10H,7-8,11-12,28H2,(H2,22,26). The van der Waals surface area contributed by atoms with Crippen molar-refractivity contribution >= 4 is 37.3 Å². The highest BCUT2D eigenvalue weighted by atomic mass is 31.0. The Morgan fingerprint density at radius 1 is 1.18 bits per heavy atom. The van der Waals surface area contributed by atoms with Crippen molar-refractivity contribution in [3.63, 3.8) is 0 Å². The fraction of sp³-hybridized carbons (Fsp3) is 0.190. The number of amides is 2. The first-order chi connectivity index (χ1) is 13.5. The van der Waals surface area contributed by atoms with Crippen LogP contribution in [0, 0.1) is 0 Å². The average Bonchev–Trinajstić information content (AvgIpc) is 2.69. The van der Waals surface area contributed by atoms with Crippen LogP contribution in [0.2, 0.25) is 0 Å². The highest BCUT2D eigenvalue weighted by Crippen LogP contribution is 2.29. The van der Waals surface area contributed by atoms with Crippen LogP contribution < -0.4 is 11.0 Å². The van der Waals surface area contributed by atoms with Crippen molar-refractivity contribution in [3.05, 3.63) is 59.8 Å². The number of carbonyl (C=O) groups is 2. The molecule has 28 heavy (non-hydrogen) atoms. The molecule has 2 heterocycles. The number of pyridine rings is 1. The Hall–Kier alpha value is -2.82. The predicted octanol–water partition coefficient (Wildman–Crippen LogP) is 1.86. The van der Waals surface area contributed by atoms with Gasteiger partial charge in [-0.25, -0.2) is 4.98 Å². The highest BCUT2D eigenvalue weighted by molar-refractivity contribution is 7.27. The molecule has 1 fully saturated rings. The molecule has 1 aliphatic rings. The van der Waals surface area contributed by atoms with Crippen LogP contribution in [-0.2, 0) is 16.1 Å². The topological polar surface area (TPSA) is 85.5 Å². The van der Waals surface area contributed by atoms with Crippen LogP contribution in [0.3, 0.4) is 0 Å². The lowest BCUT2D eigenvalue weighted by Gasteiger charge is -2.26. The molecule has 142 valence electrons. The quantitative estimate of drug-likeness (QED) is 0.686. The number of hydrogen-bond donors (Lipinski definition) is 1. The minimum absolute atomic E-state index is 0.0246. The summed E-state index contributed by atoms with van der Waals surface area (Å²) >= 11 is 0. The molecule has 0 aliphatic carbocycles. The maximum absolute atomic E-state index is 12.0. The second-order valence-corrected chi connectivity index (χ2v) is 7.43. The molecule has 1 saturated heterocycles. The van der Waals surface area contributed by atoms with E-state index in [2.05, 4.69) is 14.2 Å². The smallest absolute Gasteiger partial charge is 0.267 e. The minimum Gasteiger partial charge on any atom is -0.370 e. The molecule has 1 aromatic heterocycles. The van der Waals surface area contributed by atoms with E-state index in [1.54, 1.807) is 11.0 Å². The molecule has 1 aliphatic heterocycles. The number of nitrogens with two attached hydrogens (primary N) is 1. The summed E-state index contributed by atoms with van der Waals surface area (Å²) in [5.41, 5.74) is 9.24. The number of aromatic nitrogens is 1. The number of primary amides is 1. The van der Waals surface area contributed by atoms with Gasteiger partial charge in [-0.05, 0) is 34.1 Å². The van der Waals surface area contributed by atoms with Crippen LogP contribution in [0.25, 0.3) is 22.0 Å². The van der Waals surface area contributed by atoms with E-state index >= 15 is 0 Å². The number of morpholine rings is 1. The number of benzene rings is 2. The Balaban J connectivity index is 1.78. The normalized spacial score (nSPS) is 14.5. The Morgan fingerprint density at radius 2 is 1.96 bits per heavy atom. The summed E-state index contributed by atoms with van der Waals surface area (Å²) in [5.74, 6) is -0.594. The van der Waals surface area contributed by atoms with Crippen LogP contribution in [-0.4, -0.2) is 41.5 Å². The molecule has 2 N–H and O–H groups in total. The number of carbonyl (C=O) groups excluding carboxylic acids is 2. The van der Waals surface area contributed by atoms with E-state index in [0.29, 0.717) is 25.2 Å². The first kappa shape index (κ1) is 18.5. The highest BCUT2D eigenvalue weighted by Gasteiger charge is 2.19. The van der Waals surface area contributed by atoms with E-state index in [1.807, 2.05) is 42.5 Å². The molecule has 0 saturated carbocycles. The number of ether oxygens (including phenoxy) is 1. The maximum Gasteiger partial charge on any atom is 0.267 e. The van der Waals surface area contributed by atoms with Gasteiger partial charge in [0.05, 0.1) is 12.1 Å². The summed E-state index contributed by atoms with van der Waals surface area (Å²) in [5, 5.41) is 2.01. The Morgan fingerprint density at radius 3 is 2.68 bits per heavy atom. The summed E-state index contributed by atoms with van der Waals surface area (Å²) in [6.45, 7) is 1.71. The maximum atomic E-state index is 12.0. The molecule has 0 bridgehead atoms. The van der Waals surface area contributed by atoms with Crippen molar-refractivity contribution in [2.75, 3.05) is 19.8 Å². The van der Waals surface area contributed by atoms with Crippen LogP contribution in [0.4, 0.5) is 0 Å². The van der Waals surface area contributed by atoms with Gasteiger partial charge in [-0.1, -0.05) is 36.4 Å². The second-order valence-electron chi connectivity index (χ2n) is 6.76. The van der Waals surface area contributed by atoms with Gasteiger partial charge in [0, 0.05) is 18.5 Å². The van der Waals surface area contributed by atoms with E-state index < -0.39 is 5.91 Å². The van der Waals surface area contributed by atoms with Gasteiger partial charge in [-0.15, -0.1) is 9.24 Å². The van der Waals surface area contributed by atoms with E-state index in [-0.39, 0.29) is 18.2 Å². The van der Waals surface area contributed by atoms with Gasteiger partial charge < -0.3 is 15.4 Å². The van der Waals surface area contributed by atoms with Crippen molar-refractivity contribution in [3.8, 4) is 11.1 Å². The molecule has 1 unspecified atom stereocenters. The lowest BCUT2D eigenvalue weighted by Crippen LogP contribution is -2.40. The molecule has 2 aromatic carbocycles. The van der Waals surface area contributed by atoms with Gasteiger partial charge in [-0.3, -0.25) is 9.59 Å². The molecule has 7 heteroatoms. The summed E-state index contributed by atoms with van der Waals surface area (Å²) in [7, 11) is 2.66. The number of rotatable bonds is 4. The Bertz CT molecular complexity index is 1070. The van der Waals surface area contributed by atoms with Gasteiger partial charge >= 0.3 is 0 Å². The zero-order chi connectivity index (χ0) is 19.7. The van der Waals surface area contributed by atoms with E-state index in [4.69, 9.17) is 10.5 Å². The number of fused-ring (bicyclic) bond motifs is 1. The molecule has 3 aromatic rings. The summed E-state index contributed by atoms with van der Waals surface area (Å²) < 4.78 is 5.18. The second kappa shape index (κ2) is 7.66. The molecule has 2 amide bonds. The van der Waals surface area contributed by atoms with Gasteiger partial charge in [0.15, 0.2) is 0 Å². The van der Waals surface area contributed by atoms with Crippen LogP contribution in [0.15, 0.2) is 48.5 Å². The zero-order valence-electron chi connectivity index (χ0n) is 15.2. The third-order valence-electron chi connectivity index (χ3n) is 4.81. The van der Waals surface area contributed by atoms with Crippen molar-refractivity contribution < 1.29 is 14.3 Å². The van der Waals surface area contributed by atoms with Crippen molar-refractivity contribution in [2.24, 2.45) is 5.73 Å². The first-order valence-electron chi connectivity index (χ1n) is 8.96. The largest absolute Gasteiger partial charge is 0.370 e. The third-order valence-corrected chi connectivity index (χ3v) is 5.19. The van der Waals surface area contributed by atoms with Crippen LogP contribution >= 0.6 is 9.24 Å². The number of nitrogens with zero attached hydrogens (tertiary/aromatic N) is 2. The fourth-order valence-electron chi connectivity index (χ4n) is 3.34. The zero-order valence-corrected chi connectivity index (χ0v) is 16.4. The van der Waals surface area contributed by atoms with Crippen LogP contribution in [0.1, 0.15) is 16.1 Å². The monoisotopic (exact) mass is 393 g/mol. The lowest BCUT2D eigenvalue weighted by molar-refractivity contribution is -0.143. The van der Waals surface area contributed by atoms with Gasteiger partial charge in [-0.2, -0.15) is 0 Å². The van der Waals surface area contributed by atoms with Crippen molar-refractivity contribution in [1.82, 2.24) is 9.88 Å². The molecular weight excluding hydrogens is 373 g/mol. The van der Waals surface area contributed by atoms with E-state index in [1.165, 1.54) is 0 Å². The van der Waals surface area contributed by atoms with Gasteiger partial charge in [0.1, 0.15) is 12.3 Å². The van der Waals surface area contributed by atoms with Crippen molar-refractivity contribution in [2.45, 2.75) is 6.54 Å². The molecule has 0 spiro atoms.